The van der Waals surface area contributed by atoms with Crippen LogP contribution in [0, 0.1) is 0 Å². The molecule has 0 aromatic carbocycles. The number of thioether (sulfide) groups is 1. The first-order chi connectivity index (χ1) is 10.4. The first-order valence-electron chi connectivity index (χ1n) is 7.28. The summed E-state index contributed by atoms with van der Waals surface area (Å²) in [5.74, 6) is 0.421. The highest BCUT2D eigenvalue weighted by molar-refractivity contribution is 7.99. The van der Waals surface area contributed by atoms with Crippen molar-refractivity contribution in [1.82, 2.24) is 25.1 Å². The summed E-state index contributed by atoms with van der Waals surface area (Å²) in [5, 5.41) is 11.6. The molecular weight excluding hydrogens is 326 g/mol. The fourth-order valence-electron chi connectivity index (χ4n) is 2.41. The summed E-state index contributed by atoms with van der Waals surface area (Å²) < 4.78 is 24.8. The lowest BCUT2D eigenvalue weighted by Gasteiger charge is -2.28. The van der Waals surface area contributed by atoms with Crippen LogP contribution in [0.1, 0.15) is 26.2 Å². The number of amides is 1. The Kier molecular flexibility index (Phi) is 5.79. The van der Waals surface area contributed by atoms with Gasteiger partial charge in [-0.3, -0.25) is 4.79 Å². The van der Waals surface area contributed by atoms with Crippen molar-refractivity contribution < 1.29 is 13.2 Å². The van der Waals surface area contributed by atoms with E-state index < -0.39 is 9.84 Å². The molecule has 1 aliphatic rings. The van der Waals surface area contributed by atoms with Crippen LogP contribution in [0.3, 0.4) is 0 Å². The van der Waals surface area contributed by atoms with Crippen molar-refractivity contribution in [3.8, 4) is 0 Å². The third kappa shape index (κ3) is 4.42. The number of carbonyl (C=O) groups excluding carboxylic acids is 1. The van der Waals surface area contributed by atoms with Gasteiger partial charge in [0.1, 0.15) is 0 Å². The van der Waals surface area contributed by atoms with Gasteiger partial charge in [0.2, 0.25) is 11.1 Å². The number of unbranched alkanes of at least 4 members (excludes halogenated alkanes) is 1. The van der Waals surface area contributed by atoms with E-state index in [1.807, 2.05) is 6.92 Å². The Hall–Kier alpha value is -1.16. The number of nitrogens with zero attached hydrogens (tertiary/aromatic N) is 5. The third-order valence-corrected chi connectivity index (χ3v) is 6.37. The molecule has 0 radical (unpaired) electrons. The van der Waals surface area contributed by atoms with Gasteiger partial charge in [0.15, 0.2) is 9.84 Å². The second-order valence-corrected chi connectivity index (χ2v) is 8.54. The van der Waals surface area contributed by atoms with Gasteiger partial charge in [-0.05, 0) is 23.3 Å². The average Bonchev–Trinajstić information content (AvgIpc) is 3.03. The Bertz CT molecular complexity index is 616. The molecule has 1 aromatic rings. The number of carbonyl (C=O) groups is 1. The van der Waals surface area contributed by atoms with Gasteiger partial charge >= 0.3 is 0 Å². The van der Waals surface area contributed by atoms with E-state index in [0.717, 1.165) is 12.8 Å². The lowest BCUT2D eigenvalue weighted by molar-refractivity contribution is -0.130. The largest absolute Gasteiger partial charge is 0.338 e. The van der Waals surface area contributed by atoms with Gasteiger partial charge in [-0.15, -0.1) is 5.10 Å². The van der Waals surface area contributed by atoms with Crippen LogP contribution in [0.5, 0.6) is 0 Å². The average molecular weight is 347 g/mol. The SMILES string of the molecule is CCCCN(C(=O)CSc1nnnn1C)[C@H]1CCS(=O)(=O)C1. The molecule has 1 aromatic heterocycles. The van der Waals surface area contributed by atoms with E-state index in [2.05, 4.69) is 15.5 Å². The number of hydrogen-bond donors (Lipinski definition) is 0. The van der Waals surface area contributed by atoms with Crippen LogP contribution in [0.2, 0.25) is 0 Å². The first kappa shape index (κ1) is 17.2. The summed E-state index contributed by atoms with van der Waals surface area (Å²) in [7, 11) is -1.29. The van der Waals surface area contributed by atoms with Crippen LogP contribution >= 0.6 is 11.8 Å². The van der Waals surface area contributed by atoms with Crippen LogP contribution in [0.25, 0.3) is 0 Å². The zero-order valence-electron chi connectivity index (χ0n) is 12.8. The van der Waals surface area contributed by atoms with Crippen LogP contribution in [-0.4, -0.2) is 69.3 Å². The summed E-state index contributed by atoms with van der Waals surface area (Å²) in [4.78, 5) is 14.2. The summed E-state index contributed by atoms with van der Waals surface area (Å²) in [5.41, 5.74) is 0. The molecule has 2 heterocycles. The molecule has 10 heteroatoms. The van der Waals surface area contributed by atoms with E-state index in [-0.39, 0.29) is 29.2 Å². The number of tetrazole rings is 1. The maximum absolute atomic E-state index is 12.5. The number of hydrogen-bond acceptors (Lipinski definition) is 7. The topological polar surface area (TPSA) is 98.1 Å². The Morgan fingerprint density at radius 3 is 2.82 bits per heavy atom. The van der Waals surface area contributed by atoms with Crippen LogP contribution < -0.4 is 0 Å². The van der Waals surface area contributed by atoms with Gasteiger partial charge in [0.25, 0.3) is 0 Å². The quantitative estimate of drug-likeness (QED) is 0.646. The fraction of sp³-hybridized carbons (Fsp3) is 0.833. The molecule has 0 saturated carbocycles. The molecule has 0 N–H and O–H groups in total. The van der Waals surface area contributed by atoms with Gasteiger partial charge < -0.3 is 4.90 Å². The molecule has 1 atom stereocenters. The van der Waals surface area contributed by atoms with Gasteiger partial charge in [-0.25, -0.2) is 13.1 Å². The van der Waals surface area contributed by atoms with Crippen LogP contribution in [0.15, 0.2) is 5.16 Å². The molecule has 0 aliphatic carbocycles. The second-order valence-electron chi connectivity index (χ2n) is 5.37. The Labute approximate surface area is 134 Å². The molecule has 8 nitrogen and oxygen atoms in total. The number of rotatable bonds is 7. The maximum Gasteiger partial charge on any atom is 0.233 e. The van der Waals surface area contributed by atoms with Crippen molar-refractivity contribution in [2.24, 2.45) is 7.05 Å². The van der Waals surface area contributed by atoms with Crippen molar-refractivity contribution in [2.75, 3.05) is 23.8 Å². The highest BCUT2D eigenvalue weighted by Crippen LogP contribution is 2.21. The van der Waals surface area contributed by atoms with E-state index in [4.69, 9.17) is 0 Å². The standard InChI is InChI=1S/C12H21N5O3S2/c1-3-4-6-17(10-5-7-22(19,20)9-10)11(18)8-21-12-13-14-15-16(12)2/h10H,3-9H2,1-2H3/t10-/m0/s1. The molecule has 124 valence electrons. The third-order valence-electron chi connectivity index (χ3n) is 3.63. The summed E-state index contributed by atoms with van der Waals surface area (Å²) in [6, 6.07) is -0.192. The van der Waals surface area contributed by atoms with Gasteiger partial charge in [0, 0.05) is 19.6 Å². The molecule has 1 aliphatic heterocycles. The summed E-state index contributed by atoms with van der Waals surface area (Å²) in [6.45, 7) is 2.65. The Balaban J connectivity index is 1.98. The molecule has 0 unspecified atom stereocenters. The minimum atomic E-state index is -3.00. The number of aryl methyl sites for hydroxylation is 1. The number of aromatic nitrogens is 4. The van der Waals surface area contributed by atoms with Crippen molar-refractivity contribution >= 4 is 27.5 Å². The van der Waals surface area contributed by atoms with Crippen LogP contribution in [-0.2, 0) is 21.7 Å². The van der Waals surface area contributed by atoms with E-state index in [0.29, 0.717) is 18.1 Å². The molecule has 1 saturated heterocycles. The molecule has 1 amide bonds. The van der Waals surface area contributed by atoms with E-state index in [9.17, 15) is 13.2 Å². The monoisotopic (exact) mass is 347 g/mol. The van der Waals surface area contributed by atoms with Crippen molar-refractivity contribution in [1.29, 1.82) is 0 Å². The lowest BCUT2D eigenvalue weighted by atomic mass is 10.2. The predicted octanol–water partition coefficient (Wildman–Crippen LogP) is 0.118. The second kappa shape index (κ2) is 7.40. The molecular formula is C12H21N5O3S2. The van der Waals surface area contributed by atoms with Gasteiger partial charge in [-0.1, -0.05) is 25.1 Å². The first-order valence-corrected chi connectivity index (χ1v) is 10.1. The zero-order valence-corrected chi connectivity index (χ0v) is 14.4. The summed E-state index contributed by atoms with van der Waals surface area (Å²) >= 11 is 1.27. The minimum absolute atomic E-state index is 0.0523. The predicted molar refractivity (Wildman–Crippen MR) is 83.2 cm³/mol. The van der Waals surface area contributed by atoms with Gasteiger partial charge in [-0.2, -0.15) is 0 Å². The van der Waals surface area contributed by atoms with Crippen molar-refractivity contribution in [2.45, 2.75) is 37.4 Å². The van der Waals surface area contributed by atoms with Crippen molar-refractivity contribution in [3.63, 3.8) is 0 Å². The van der Waals surface area contributed by atoms with E-state index in [1.165, 1.54) is 16.4 Å². The summed E-state index contributed by atoms with van der Waals surface area (Å²) in [6.07, 6.45) is 2.37. The van der Waals surface area contributed by atoms with E-state index in [1.54, 1.807) is 11.9 Å². The van der Waals surface area contributed by atoms with Crippen LogP contribution in [0.4, 0.5) is 0 Å². The fourth-order valence-corrected chi connectivity index (χ4v) is 4.88. The zero-order chi connectivity index (χ0) is 16.2. The smallest absolute Gasteiger partial charge is 0.233 e. The molecule has 0 spiro atoms. The molecule has 22 heavy (non-hydrogen) atoms. The Morgan fingerprint density at radius 2 is 2.27 bits per heavy atom. The molecule has 1 fully saturated rings. The molecule has 2 rings (SSSR count). The van der Waals surface area contributed by atoms with Gasteiger partial charge in [0.05, 0.1) is 17.3 Å². The number of sulfone groups is 1. The molecule has 0 bridgehead atoms. The lowest BCUT2D eigenvalue weighted by Crippen LogP contribution is -2.42. The Morgan fingerprint density at radius 1 is 1.50 bits per heavy atom. The highest BCUT2D eigenvalue weighted by Gasteiger charge is 2.34. The van der Waals surface area contributed by atoms with Crippen molar-refractivity contribution in [3.05, 3.63) is 0 Å². The minimum Gasteiger partial charge on any atom is -0.338 e. The normalized spacial score (nSPS) is 20.2. The maximum atomic E-state index is 12.5. The highest BCUT2D eigenvalue weighted by atomic mass is 32.2. The van der Waals surface area contributed by atoms with E-state index >= 15 is 0 Å².